The van der Waals surface area contributed by atoms with Gasteiger partial charge in [-0.3, -0.25) is 0 Å². The summed E-state index contributed by atoms with van der Waals surface area (Å²) in [6.45, 7) is 4.68. The monoisotopic (exact) mass is 336 g/mol. The molecule has 0 spiro atoms. The predicted molar refractivity (Wildman–Crippen MR) is 96.0 cm³/mol. The highest BCUT2D eigenvalue weighted by Crippen LogP contribution is 2.16. The Labute approximate surface area is 146 Å². The van der Waals surface area contributed by atoms with Crippen molar-refractivity contribution in [1.82, 2.24) is 15.0 Å². The highest BCUT2D eigenvalue weighted by Gasteiger charge is 2.17. The van der Waals surface area contributed by atoms with Gasteiger partial charge in [0.1, 0.15) is 6.54 Å². The zero-order valence-electron chi connectivity index (χ0n) is 14.3. The van der Waals surface area contributed by atoms with Gasteiger partial charge in [-0.05, 0) is 31.5 Å². The van der Waals surface area contributed by atoms with E-state index in [1.165, 1.54) is 0 Å². The molecule has 0 aliphatic heterocycles. The van der Waals surface area contributed by atoms with Crippen LogP contribution in [0.25, 0.3) is 11.4 Å². The molecule has 0 aliphatic rings. The summed E-state index contributed by atoms with van der Waals surface area (Å²) < 4.78 is 5.29. The molecule has 0 saturated carbocycles. The summed E-state index contributed by atoms with van der Waals surface area (Å²) in [7, 11) is 0. The molecule has 3 aromatic rings. The number of amides is 2. The van der Waals surface area contributed by atoms with Crippen molar-refractivity contribution >= 4 is 11.7 Å². The van der Waals surface area contributed by atoms with Gasteiger partial charge in [-0.2, -0.15) is 4.98 Å². The number of aromatic nitrogens is 2. The van der Waals surface area contributed by atoms with Crippen molar-refractivity contribution in [2.45, 2.75) is 20.4 Å². The lowest BCUT2D eigenvalue weighted by Crippen LogP contribution is -2.34. The molecule has 2 amide bonds. The number of hydrogen-bond acceptors (Lipinski definition) is 4. The van der Waals surface area contributed by atoms with Gasteiger partial charge in [-0.1, -0.05) is 47.6 Å². The van der Waals surface area contributed by atoms with Crippen LogP contribution in [0.15, 0.2) is 59.1 Å². The molecule has 1 heterocycles. The molecule has 128 valence electrons. The summed E-state index contributed by atoms with van der Waals surface area (Å²) in [4.78, 5) is 18.4. The van der Waals surface area contributed by atoms with E-state index in [2.05, 4.69) is 15.5 Å². The molecule has 1 N–H and O–H groups in total. The normalized spacial score (nSPS) is 10.5. The smallest absolute Gasteiger partial charge is 0.322 e. The lowest BCUT2D eigenvalue weighted by atomic mass is 10.2. The minimum Gasteiger partial charge on any atom is -0.337 e. The molecule has 3 rings (SSSR count). The third kappa shape index (κ3) is 4.23. The third-order valence-electron chi connectivity index (χ3n) is 3.76. The molecule has 25 heavy (non-hydrogen) atoms. The molecule has 6 heteroatoms. The Balaban J connectivity index is 1.68. The molecule has 0 aliphatic carbocycles. The van der Waals surface area contributed by atoms with Gasteiger partial charge in [0.25, 0.3) is 0 Å². The molecular formula is C19H20N4O2. The summed E-state index contributed by atoms with van der Waals surface area (Å²) in [6.07, 6.45) is 0. The lowest BCUT2D eigenvalue weighted by molar-refractivity contribution is 0.203. The van der Waals surface area contributed by atoms with Crippen LogP contribution >= 0.6 is 0 Å². The summed E-state index contributed by atoms with van der Waals surface area (Å²) in [6, 6.07) is 17.1. The van der Waals surface area contributed by atoms with Crippen LogP contribution in [0.4, 0.5) is 10.5 Å². The Hall–Kier alpha value is -3.15. The number of carbonyl (C=O) groups is 1. The Bertz CT molecular complexity index is 845. The van der Waals surface area contributed by atoms with E-state index < -0.39 is 0 Å². The molecule has 0 saturated heterocycles. The van der Waals surface area contributed by atoms with Crippen molar-refractivity contribution in [2.75, 3.05) is 11.9 Å². The van der Waals surface area contributed by atoms with Crippen LogP contribution in [-0.4, -0.2) is 27.6 Å². The number of carbonyl (C=O) groups excluding carboxylic acids is 1. The number of anilines is 1. The van der Waals surface area contributed by atoms with Crippen LogP contribution in [0.3, 0.4) is 0 Å². The maximum absolute atomic E-state index is 12.5. The Morgan fingerprint density at radius 1 is 1.16 bits per heavy atom. The zero-order valence-corrected chi connectivity index (χ0v) is 14.3. The van der Waals surface area contributed by atoms with Gasteiger partial charge in [0.2, 0.25) is 11.7 Å². The van der Waals surface area contributed by atoms with Gasteiger partial charge >= 0.3 is 6.03 Å². The highest BCUT2D eigenvalue weighted by atomic mass is 16.5. The van der Waals surface area contributed by atoms with Crippen LogP contribution in [0, 0.1) is 6.92 Å². The van der Waals surface area contributed by atoms with Crippen LogP contribution in [0.2, 0.25) is 0 Å². The molecule has 0 radical (unpaired) electrons. The van der Waals surface area contributed by atoms with Gasteiger partial charge in [-0.15, -0.1) is 0 Å². The molecule has 0 atom stereocenters. The largest absolute Gasteiger partial charge is 0.337 e. The maximum Gasteiger partial charge on any atom is 0.322 e. The van der Waals surface area contributed by atoms with E-state index in [-0.39, 0.29) is 12.6 Å². The second-order valence-electron chi connectivity index (χ2n) is 5.69. The van der Waals surface area contributed by atoms with Crippen molar-refractivity contribution in [3.63, 3.8) is 0 Å². The maximum atomic E-state index is 12.5. The van der Waals surface area contributed by atoms with E-state index in [4.69, 9.17) is 4.52 Å². The zero-order chi connectivity index (χ0) is 17.6. The number of urea groups is 1. The first-order valence-electron chi connectivity index (χ1n) is 8.16. The van der Waals surface area contributed by atoms with Crippen molar-refractivity contribution in [1.29, 1.82) is 0 Å². The molecule has 6 nitrogen and oxygen atoms in total. The van der Waals surface area contributed by atoms with Crippen LogP contribution < -0.4 is 5.32 Å². The minimum atomic E-state index is -0.201. The van der Waals surface area contributed by atoms with Crippen molar-refractivity contribution in [3.8, 4) is 11.4 Å². The minimum absolute atomic E-state index is 0.201. The predicted octanol–water partition coefficient (Wildman–Crippen LogP) is 4.10. The van der Waals surface area contributed by atoms with E-state index in [0.717, 1.165) is 16.8 Å². The lowest BCUT2D eigenvalue weighted by Gasteiger charge is -2.19. The second kappa shape index (κ2) is 7.61. The Morgan fingerprint density at radius 3 is 2.68 bits per heavy atom. The number of benzene rings is 2. The molecular weight excluding hydrogens is 316 g/mol. The number of aryl methyl sites for hydroxylation is 1. The summed E-state index contributed by atoms with van der Waals surface area (Å²) in [5.41, 5.74) is 2.73. The SMILES string of the molecule is CCN(Cc1nc(-c2ccccc2)no1)C(=O)Nc1cccc(C)c1. The summed E-state index contributed by atoms with van der Waals surface area (Å²) >= 11 is 0. The van der Waals surface area contributed by atoms with E-state index in [1.54, 1.807) is 4.90 Å². The Morgan fingerprint density at radius 2 is 1.96 bits per heavy atom. The average Bonchev–Trinajstić information content (AvgIpc) is 3.09. The number of hydrogen-bond donors (Lipinski definition) is 1. The summed E-state index contributed by atoms with van der Waals surface area (Å²) in [5.74, 6) is 0.922. The third-order valence-corrected chi connectivity index (χ3v) is 3.76. The van der Waals surface area contributed by atoms with Gasteiger partial charge in [-0.25, -0.2) is 4.79 Å². The fraction of sp³-hybridized carbons (Fsp3) is 0.211. The van der Waals surface area contributed by atoms with Gasteiger partial charge < -0.3 is 14.7 Å². The van der Waals surface area contributed by atoms with Gasteiger partial charge in [0, 0.05) is 17.8 Å². The molecule has 0 unspecified atom stereocenters. The quantitative estimate of drug-likeness (QED) is 0.761. The van der Waals surface area contributed by atoms with Crippen LogP contribution in [0.5, 0.6) is 0 Å². The van der Waals surface area contributed by atoms with Crippen LogP contribution in [-0.2, 0) is 6.54 Å². The van der Waals surface area contributed by atoms with E-state index >= 15 is 0 Å². The fourth-order valence-electron chi connectivity index (χ4n) is 2.44. The van der Waals surface area contributed by atoms with Gasteiger partial charge in [0.05, 0.1) is 0 Å². The van der Waals surface area contributed by atoms with Crippen molar-refractivity contribution in [3.05, 3.63) is 66.1 Å². The van der Waals surface area contributed by atoms with Crippen LogP contribution in [0.1, 0.15) is 18.4 Å². The van der Waals surface area contributed by atoms with E-state index in [0.29, 0.717) is 18.3 Å². The fourth-order valence-corrected chi connectivity index (χ4v) is 2.44. The standard InChI is InChI=1S/C19H20N4O2/c1-3-23(19(24)20-16-11-7-8-14(2)12-16)13-17-21-18(22-25-17)15-9-5-4-6-10-15/h4-12H,3,13H2,1-2H3,(H,20,24). The number of rotatable bonds is 5. The molecule has 0 bridgehead atoms. The van der Waals surface area contributed by atoms with Gasteiger partial charge in [0.15, 0.2) is 0 Å². The first kappa shape index (κ1) is 16.7. The van der Waals surface area contributed by atoms with Crippen molar-refractivity contribution < 1.29 is 9.32 Å². The van der Waals surface area contributed by atoms with E-state index in [1.807, 2.05) is 68.4 Å². The molecule has 1 aromatic heterocycles. The number of nitrogens with zero attached hydrogens (tertiary/aromatic N) is 3. The second-order valence-corrected chi connectivity index (χ2v) is 5.69. The molecule has 0 fully saturated rings. The molecule has 2 aromatic carbocycles. The summed E-state index contributed by atoms with van der Waals surface area (Å²) in [5, 5.41) is 6.87. The topological polar surface area (TPSA) is 71.3 Å². The average molecular weight is 336 g/mol. The van der Waals surface area contributed by atoms with Crippen molar-refractivity contribution in [2.24, 2.45) is 0 Å². The Kier molecular flexibility index (Phi) is 5.09. The first-order valence-corrected chi connectivity index (χ1v) is 8.16. The van der Waals surface area contributed by atoms with E-state index in [9.17, 15) is 4.79 Å². The first-order chi connectivity index (χ1) is 12.2. The highest BCUT2D eigenvalue weighted by molar-refractivity contribution is 5.89. The number of nitrogens with one attached hydrogen (secondary N) is 1.